The van der Waals surface area contributed by atoms with Gasteiger partial charge in [-0.25, -0.2) is 4.79 Å². The highest BCUT2D eigenvalue weighted by molar-refractivity contribution is 5.68. The first-order chi connectivity index (χ1) is 4.95. The summed E-state index contributed by atoms with van der Waals surface area (Å²) < 4.78 is 45.0. The number of rotatable bonds is 3. The maximum absolute atomic E-state index is 11.4. The second-order valence-electron chi connectivity index (χ2n) is 1.92. The molecule has 2 nitrogen and oxygen atoms in total. The quantitative estimate of drug-likeness (QED) is 0.612. The lowest BCUT2D eigenvalue weighted by Gasteiger charge is -2.02. The van der Waals surface area contributed by atoms with Crippen LogP contribution in [0.4, 0.5) is 17.7 Å². The Morgan fingerprint density at radius 1 is 1.36 bits per heavy atom. The number of carbonyl (C=O) groups is 1. The molecule has 0 rings (SSSR count). The Kier molecular flexibility index (Phi) is 3.84. The van der Waals surface area contributed by atoms with Gasteiger partial charge in [0.1, 0.15) is 0 Å². The first-order valence-electron chi connectivity index (χ1n) is 2.84. The first-order valence-corrected chi connectivity index (χ1v) is 2.84. The minimum atomic E-state index is -4.30. The van der Waals surface area contributed by atoms with Gasteiger partial charge in [0.15, 0.2) is 0 Å². The zero-order valence-electron chi connectivity index (χ0n) is 5.45. The van der Waals surface area contributed by atoms with Crippen LogP contribution < -0.4 is 0 Å². The van der Waals surface area contributed by atoms with E-state index in [1.54, 1.807) is 0 Å². The Morgan fingerprint density at radius 3 is 2.27 bits per heavy atom. The summed E-state index contributed by atoms with van der Waals surface area (Å²) in [5.41, 5.74) is 0. The van der Waals surface area contributed by atoms with Gasteiger partial charge < -0.3 is 0 Å². The molecule has 6 heteroatoms. The summed E-state index contributed by atoms with van der Waals surface area (Å²) in [6, 6.07) is 0. The van der Waals surface area contributed by atoms with Gasteiger partial charge in [-0.3, -0.25) is 4.94 Å². The molecule has 0 saturated carbocycles. The largest absolute Gasteiger partial charge is 0.389 e. The summed E-state index contributed by atoms with van der Waals surface area (Å²) in [6.07, 6.45) is -6.37. The topological polar surface area (TPSA) is 26.3 Å². The molecule has 0 aliphatic heterocycles. The van der Waals surface area contributed by atoms with Crippen molar-refractivity contribution >= 4 is 5.97 Å². The first kappa shape index (κ1) is 10.2. The van der Waals surface area contributed by atoms with Crippen molar-refractivity contribution in [3.63, 3.8) is 0 Å². The van der Waals surface area contributed by atoms with Gasteiger partial charge in [-0.15, -0.1) is 0 Å². The van der Waals surface area contributed by atoms with Crippen molar-refractivity contribution in [1.29, 1.82) is 0 Å². The van der Waals surface area contributed by atoms with Crippen LogP contribution in [0.1, 0.15) is 19.3 Å². The zero-order valence-corrected chi connectivity index (χ0v) is 5.45. The van der Waals surface area contributed by atoms with E-state index < -0.39 is 31.4 Å². The van der Waals surface area contributed by atoms with Crippen LogP contribution in [0.15, 0.2) is 0 Å². The number of hydrogen-bond donors (Lipinski definition) is 0. The average Bonchev–Trinajstić information content (AvgIpc) is 1.85. The van der Waals surface area contributed by atoms with Crippen LogP contribution in [0.3, 0.4) is 0 Å². The fraction of sp³-hybridized carbons (Fsp3) is 0.800. The highest BCUT2D eigenvalue weighted by atomic mass is 19.4. The van der Waals surface area contributed by atoms with Gasteiger partial charge in [0.25, 0.3) is 0 Å². The van der Waals surface area contributed by atoms with Gasteiger partial charge in [0.2, 0.25) is 0 Å². The predicted octanol–water partition coefficient (Wildman–Crippen LogP) is 2.15. The summed E-state index contributed by atoms with van der Waals surface area (Å²) in [7, 11) is 0. The highest BCUT2D eigenvalue weighted by Crippen LogP contribution is 2.22. The molecule has 0 aliphatic carbocycles. The van der Waals surface area contributed by atoms with Crippen molar-refractivity contribution in [3.8, 4) is 0 Å². The van der Waals surface area contributed by atoms with Gasteiger partial charge >= 0.3 is 12.1 Å². The lowest BCUT2D eigenvalue weighted by molar-refractivity contribution is -0.184. The van der Waals surface area contributed by atoms with E-state index in [1.165, 1.54) is 0 Å². The molecule has 0 N–H and O–H groups in total. The van der Waals surface area contributed by atoms with Crippen LogP contribution in [-0.4, -0.2) is 12.1 Å². The third-order valence-electron chi connectivity index (χ3n) is 0.927. The number of hydrogen-bond acceptors (Lipinski definition) is 2. The molecule has 0 atom stereocenters. The van der Waals surface area contributed by atoms with E-state index in [4.69, 9.17) is 0 Å². The Labute approximate surface area is 60.0 Å². The lowest BCUT2D eigenvalue weighted by Crippen LogP contribution is -2.08. The van der Waals surface area contributed by atoms with Crippen LogP contribution in [0.2, 0.25) is 0 Å². The molecular weight excluding hydrogens is 168 g/mol. The van der Waals surface area contributed by atoms with Crippen LogP contribution in [0.25, 0.3) is 0 Å². The minimum Gasteiger partial charge on any atom is -0.255 e. The fourth-order valence-electron chi connectivity index (χ4n) is 0.472. The van der Waals surface area contributed by atoms with Gasteiger partial charge in [0.05, 0.1) is 0 Å². The van der Waals surface area contributed by atoms with Crippen molar-refractivity contribution in [3.05, 3.63) is 0 Å². The molecule has 0 unspecified atom stereocenters. The molecule has 0 bridgehead atoms. The van der Waals surface area contributed by atoms with Crippen LogP contribution in [-0.2, 0) is 9.74 Å². The van der Waals surface area contributed by atoms with Crippen LogP contribution >= 0.6 is 0 Å². The summed E-state index contributed by atoms with van der Waals surface area (Å²) in [5, 5.41) is 0. The van der Waals surface area contributed by atoms with Crippen LogP contribution in [0, 0.1) is 0 Å². The third-order valence-corrected chi connectivity index (χ3v) is 0.927. The van der Waals surface area contributed by atoms with E-state index in [0.29, 0.717) is 0 Å². The molecule has 0 spiro atoms. The van der Waals surface area contributed by atoms with Gasteiger partial charge in [-0.1, -0.05) is 0 Å². The van der Waals surface area contributed by atoms with Gasteiger partial charge in [-0.2, -0.15) is 13.2 Å². The standard InChI is InChI=1S/C5H6F4O2/c6-5(7,8)3-1-2-4(10)11-9/h1-3H2. The highest BCUT2D eigenvalue weighted by Gasteiger charge is 2.26. The predicted molar refractivity (Wildman–Crippen MR) is 27.1 cm³/mol. The fourth-order valence-corrected chi connectivity index (χ4v) is 0.472. The number of halogens is 4. The Balaban J connectivity index is 3.35. The zero-order chi connectivity index (χ0) is 8.91. The maximum atomic E-state index is 11.4. The number of alkyl halides is 3. The number of carbonyl (C=O) groups excluding carboxylic acids is 1. The van der Waals surface area contributed by atoms with E-state index in [0.717, 1.165) is 0 Å². The molecular formula is C5H6F4O2. The summed E-state index contributed by atoms with van der Waals surface area (Å²) in [6.45, 7) is 0. The molecule has 66 valence electrons. The van der Waals surface area contributed by atoms with Gasteiger partial charge in [-0.05, 0) is 6.42 Å². The van der Waals surface area contributed by atoms with E-state index in [9.17, 15) is 22.5 Å². The van der Waals surface area contributed by atoms with E-state index in [2.05, 4.69) is 4.94 Å². The molecule has 0 radical (unpaired) electrons. The maximum Gasteiger partial charge on any atom is 0.389 e. The van der Waals surface area contributed by atoms with Crippen molar-refractivity contribution < 1.29 is 27.4 Å². The lowest BCUT2D eigenvalue weighted by atomic mass is 10.2. The third kappa shape index (κ3) is 7.08. The normalized spacial score (nSPS) is 11.3. The molecule has 0 aliphatic rings. The van der Waals surface area contributed by atoms with Crippen LogP contribution in [0.5, 0.6) is 0 Å². The summed E-state index contributed by atoms with van der Waals surface area (Å²) in [5.74, 6) is -1.27. The van der Waals surface area contributed by atoms with Crippen molar-refractivity contribution in [2.45, 2.75) is 25.4 Å². The SMILES string of the molecule is O=C(CCCC(F)(F)F)OF. The Hall–Kier alpha value is -0.810. The summed E-state index contributed by atoms with van der Waals surface area (Å²) in [4.78, 5) is 12.6. The molecule has 0 fully saturated rings. The molecule has 0 saturated heterocycles. The van der Waals surface area contributed by atoms with E-state index >= 15 is 0 Å². The second kappa shape index (κ2) is 4.15. The second-order valence-corrected chi connectivity index (χ2v) is 1.92. The Bertz CT molecular complexity index is 131. The molecule has 0 heterocycles. The molecule has 11 heavy (non-hydrogen) atoms. The molecule has 0 aromatic heterocycles. The smallest absolute Gasteiger partial charge is 0.255 e. The van der Waals surface area contributed by atoms with Gasteiger partial charge in [0, 0.05) is 17.4 Å². The van der Waals surface area contributed by atoms with Crippen molar-refractivity contribution in [1.82, 2.24) is 0 Å². The molecule has 0 amide bonds. The summed E-state index contributed by atoms with van der Waals surface area (Å²) >= 11 is 0. The minimum absolute atomic E-state index is 0.438. The average molecular weight is 174 g/mol. The van der Waals surface area contributed by atoms with E-state index in [1.807, 2.05) is 0 Å². The van der Waals surface area contributed by atoms with Crippen molar-refractivity contribution in [2.75, 3.05) is 0 Å². The molecule has 0 aromatic rings. The molecule has 0 aromatic carbocycles. The monoisotopic (exact) mass is 174 g/mol. The van der Waals surface area contributed by atoms with E-state index in [-0.39, 0.29) is 0 Å². The Morgan fingerprint density at radius 2 is 1.91 bits per heavy atom. The van der Waals surface area contributed by atoms with Crippen molar-refractivity contribution in [2.24, 2.45) is 0 Å².